The first-order chi connectivity index (χ1) is 8.42. The van der Waals surface area contributed by atoms with Crippen molar-refractivity contribution in [2.75, 3.05) is 6.61 Å². The van der Waals surface area contributed by atoms with Crippen LogP contribution in [0.3, 0.4) is 0 Å². The zero-order valence-corrected chi connectivity index (χ0v) is 9.80. The van der Waals surface area contributed by atoms with Gasteiger partial charge in [0.15, 0.2) is 0 Å². The predicted molar refractivity (Wildman–Crippen MR) is 69.3 cm³/mol. The number of para-hydroxylation sites is 1. The molecule has 0 saturated heterocycles. The van der Waals surface area contributed by atoms with Crippen LogP contribution in [0.4, 0.5) is 0 Å². The van der Waals surface area contributed by atoms with Crippen LogP contribution in [-0.4, -0.2) is 6.61 Å². The summed E-state index contributed by atoms with van der Waals surface area (Å²) in [5.41, 5.74) is 2.75. The molecule has 0 amide bonds. The molecule has 1 heterocycles. The topological polar surface area (TPSA) is 9.23 Å². The van der Waals surface area contributed by atoms with Gasteiger partial charge in [-0.3, -0.25) is 0 Å². The molecule has 1 heteroatoms. The molecule has 0 saturated carbocycles. The fraction of sp³-hybridized carbons (Fsp3) is 0.250. The lowest BCUT2D eigenvalue weighted by molar-refractivity contribution is 0.221. The molecule has 1 nitrogen and oxygen atoms in total. The van der Waals surface area contributed by atoms with E-state index in [1.54, 1.807) is 0 Å². The molecule has 0 radical (unpaired) electrons. The molecule has 0 aliphatic carbocycles. The van der Waals surface area contributed by atoms with Crippen LogP contribution < -0.4 is 4.74 Å². The minimum atomic E-state index is 0.604. The smallest absolute Gasteiger partial charge is 0.122 e. The Bertz CT molecular complexity index is 490. The van der Waals surface area contributed by atoms with Crippen molar-refractivity contribution in [3.63, 3.8) is 0 Å². The Morgan fingerprint density at radius 1 is 0.941 bits per heavy atom. The minimum Gasteiger partial charge on any atom is -0.493 e. The first-order valence-electron chi connectivity index (χ1n) is 6.16. The maximum Gasteiger partial charge on any atom is 0.122 e. The summed E-state index contributed by atoms with van der Waals surface area (Å²) in [6, 6.07) is 19.0. The molecule has 2 aromatic rings. The summed E-state index contributed by atoms with van der Waals surface area (Å²) in [6.45, 7) is 0.839. The Morgan fingerprint density at radius 2 is 1.71 bits per heavy atom. The fourth-order valence-corrected chi connectivity index (χ4v) is 2.47. The van der Waals surface area contributed by atoms with Crippen molar-refractivity contribution in [3.05, 3.63) is 65.7 Å². The van der Waals surface area contributed by atoms with E-state index in [0.29, 0.717) is 5.92 Å². The van der Waals surface area contributed by atoms with Crippen LogP contribution >= 0.6 is 0 Å². The van der Waals surface area contributed by atoms with Crippen LogP contribution in [0, 0.1) is 5.92 Å². The van der Waals surface area contributed by atoms with Gasteiger partial charge in [-0.2, -0.15) is 0 Å². The van der Waals surface area contributed by atoms with Gasteiger partial charge in [0.2, 0.25) is 0 Å². The molecule has 1 atom stereocenters. The summed E-state index contributed by atoms with van der Waals surface area (Å²) in [5, 5.41) is 0. The van der Waals surface area contributed by atoms with Crippen LogP contribution in [-0.2, 0) is 12.8 Å². The average molecular weight is 224 g/mol. The van der Waals surface area contributed by atoms with Crippen molar-refractivity contribution in [1.29, 1.82) is 0 Å². The van der Waals surface area contributed by atoms with E-state index in [2.05, 4.69) is 48.5 Å². The summed E-state index contributed by atoms with van der Waals surface area (Å²) in [4.78, 5) is 0. The quantitative estimate of drug-likeness (QED) is 0.759. The molecule has 86 valence electrons. The zero-order valence-electron chi connectivity index (χ0n) is 9.80. The third kappa shape index (κ3) is 2.33. The second kappa shape index (κ2) is 4.62. The predicted octanol–water partition coefficient (Wildman–Crippen LogP) is 3.48. The van der Waals surface area contributed by atoms with E-state index in [1.165, 1.54) is 11.1 Å². The Labute approximate surface area is 102 Å². The third-order valence-corrected chi connectivity index (χ3v) is 3.32. The van der Waals surface area contributed by atoms with E-state index >= 15 is 0 Å². The fourth-order valence-electron chi connectivity index (χ4n) is 2.47. The number of ether oxygens (including phenoxy) is 1. The highest BCUT2D eigenvalue weighted by Crippen LogP contribution is 2.28. The second-order valence-corrected chi connectivity index (χ2v) is 4.68. The Hall–Kier alpha value is -1.76. The lowest BCUT2D eigenvalue weighted by Gasteiger charge is -2.25. The molecule has 0 spiro atoms. The summed E-state index contributed by atoms with van der Waals surface area (Å²) in [7, 11) is 0. The summed E-state index contributed by atoms with van der Waals surface area (Å²) >= 11 is 0. The van der Waals surface area contributed by atoms with Gasteiger partial charge in [-0.1, -0.05) is 48.5 Å². The van der Waals surface area contributed by atoms with Crippen molar-refractivity contribution in [2.24, 2.45) is 5.92 Å². The molecular weight excluding hydrogens is 208 g/mol. The standard InChI is InChI=1S/C16H16O/c1-2-6-13(7-3-1)10-14-11-15-8-4-5-9-16(15)17-12-14/h1-9,14H,10-12H2/t14-/m1/s1. The van der Waals surface area contributed by atoms with Crippen LogP contribution in [0.25, 0.3) is 0 Å². The maximum absolute atomic E-state index is 5.81. The van der Waals surface area contributed by atoms with Crippen LogP contribution in [0.1, 0.15) is 11.1 Å². The Balaban J connectivity index is 1.72. The lowest BCUT2D eigenvalue weighted by Crippen LogP contribution is -2.22. The van der Waals surface area contributed by atoms with Gasteiger partial charge < -0.3 is 4.74 Å². The summed E-state index contributed by atoms with van der Waals surface area (Å²) < 4.78 is 5.81. The SMILES string of the molecule is c1ccc(C[C@H]2COc3ccccc3C2)cc1. The molecule has 0 fully saturated rings. The number of fused-ring (bicyclic) bond motifs is 1. The normalized spacial score (nSPS) is 18.2. The van der Waals surface area contributed by atoms with Gasteiger partial charge in [0, 0.05) is 5.92 Å². The van der Waals surface area contributed by atoms with E-state index in [4.69, 9.17) is 4.74 Å². The highest BCUT2D eigenvalue weighted by atomic mass is 16.5. The molecule has 0 bridgehead atoms. The van der Waals surface area contributed by atoms with Crippen LogP contribution in [0.5, 0.6) is 5.75 Å². The van der Waals surface area contributed by atoms with Crippen molar-refractivity contribution < 1.29 is 4.74 Å². The molecule has 3 rings (SSSR count). The lowest BCUT2D eigenvalue weighted by atomic mass is 9.91. The minimum absolute atomic E-state index is 0.604. The Morgan fingerprint density at radius 3 is 2.59 bits per heavy atom. The molecule has 0 unspecified atom stereocenters. The van der Waals surface area contributed by atoms with Gasteiger partial charge in [0.05, 0.1) is 6.61 Å². The maximum atomic E-state index is 5.81. The van der Waals surface area contributed by atoms with Gasteiger partial charge in [-0.25, -0.2) is 0 Å². The third-order valence-electron chi connectivity index (χ3n) is 3.32. The highest BCUT2D eigenvalue weighted by Gasteiger charge is 2.19. The van der Waals surface area contributed by atoms with Gasteiger partial charge in [0.25, 0.3) is 0 Å². The molecular formula is C16H16O. The number of hydrogen-bond donors (Lipinski definition) is 0. The van der Waals surface area contributed by atoms with Gasteiger partial charge in [0.1, 0.15) is 5.75 Å². The van der Waals surface area contributed by atoms with Gasteiger partial charge >= 0.3 is 0 Å². The van der Waals surface area contributed by atoms with Crippen molar-refractivity contribution in [1.82, 2.24) is 0 Å². The highest BCUT2D eigenvalue weighted by molar-refractivity contribution is 5.35. The Kier molecular flexibility index (Phi) is 2.83. The monoisotopic (exact) mass is 224 g/mol. The number of benzene rings is 2. The molecule has 2 aromatic carbocycles. The number of hydrogen-bond acceptors (Lipinski definition) is 1. The first kappa shape index (κ1) is 10.4. The molecule has 0 aromatic heterocycles. The van der Waals surface area contributed by atoms with Gasteiger partial charge in [-0.15, -0.1) is 0 Å². The number of rotatable bonds is 2. The van der Waals surface area contributed by atoms with E-state index < -0.39 is 0 Å². The van der Waals surface area contributed by atoms with Crippen LogP contribution in [0.15, 0.2) is 54.6 Å². The first-order valence-corrected chi connectivity index (χ1v) is 6.16. The van der Waals surface area contributed by atoms with Crippen molar-refractivity contribution in [3.8, 4) is 5.75 Å². The van der Waals surface area contributed by atoms with E-state index in [0.717, 1.165) is 25.2 Å². The molecule has 1 aliphatic rings. The molecule has 1 aliphatic heterocycles. The zero-order chi connectivity index (χ0) is 11.5. The van der Waals surface area contributed by atoms with E-state index in [9.17, 15) is 0 Å². The second-order valence-electron chi connectivity index (χ2n) is 4.68. The average Bonchev–Trinajstić information content (AvgIpc) is 2.40. The van der Waals surface area contributed by atoms with E-state index in [-0.39, 0.29) is 0 Å². The van der Waals surface area contributed by atoms with Gasteiger partial charge in [-0.05, 0) is 30.0 Å². The summed E-state index contributed by atoms with van der Waals surface area (Å²) in [6.07, 6.45) is 2.24. The molecule has 17 heavy (non-hydrogen) atoms. The largest absolute Gasteiger partial charge is 0.493 e. The van der Waals surface area contributed by atoms with Crippen molar-refractivity contribution in [2.45, 2.75) is 12.8 Å². The van der Waals surface area contributed by atoms with E-state index in [1.807, 2.05) is 6.07 Å². The summed E-state index contributed by atoms with van der Waals surface area (Å²) in [5.74, 6) is 1.67. The van der Waals surface area contributed by atoms with Crippen molar-refractivity contribution >= 4 is 0 Å². The molecule has 0 N–H and O–H groups in total. The van der Waals surface area contributed by atoms with Crippen LogP contribution in [0.2, 0.25) is 0 Å².